The van der Waals surface area contributed by atoms with Crippen molar-refractivity contribution >= 4 is 50.7 Å². The average molecular weight is 376 g/mol. The van der Waals surface area contributed by atoms with E-state index in [0.29, 0.717) is 10.8 Å². The van der Waals surface area contributed by atoms with Gasteiger partial charge >= 0.3 is 5.97 Å². The lowest BCUT2D eigenvalue weighted by Gasteiger charge is -2.09. The van der Waals surface area contributed by atoms with E-state index in [1.54, 1.807) is 24.5 Å². The number of thiophene rings is 1. The van der Waals surface area contributed by atoms with Gasteiger partial charge < -0.3 is 15.0 Å². The van der Waals surface area contributed by atoms with Crippen LogP contribution in [0.4, 0.5) is 5.69 Å². The number of rotatable bonds is 6. The van der Waals surface area contributed by atoms with Gasteiger partial charge in [0.2, 0.25) is 5.91 Å². The van der Waals surface area contributed by atoms with E-state index >= 15 is 0 Å². The molecule has 25 heavy (non-hydrogen) atoms. The molecule has 0 aliphatic rings. The second kappa shape index (κ2) is 7.24. The number of nitrogens with one attached hydrogen (secondary N) is 1. The molecule has 0 fully saturated rings. The number of fused-ring (bicyclic) bond motifs is 1. The number of thioether (sulfide) groups is 1. The Kier molecular flexibility index (Phi) is 5.05. The molecule has 2 aromatic heterocycles. The number of nitrogens with zero attached hydrogens (tertiary/aromatic N) is 3. The molecule has 0 saturated heterocycles. The molecule has 0 radical (unpaired) electrons. The zero-order valence-electron chi connectivity index (χ0n) is 13.6. The Morgan fingerprint density at radius 3 is 2.88 bits per heavy atom. The number of aromatic nitrogens is 3. The number of amides is 1. The number of benzene rings is 1. The molecule has 130 valence electrons. The van der Waals surface area contributed by atoms with E-state index in [4.69, 9.17) is 5.11 Å². The van der Waals surface area contributed by atoms with Gasteiger partial charge in [0.1, 0.15) is 11.2 Å². The molecule has 2 heterocycles. The second-order valence-corrected chi connectivity index (χ2v) is 7.65. The van der Waals surface area contributed by atoms with Gasteiger partial charge in [-0.05, 0) is 43.5 Å². The molecule has 0 aliphatic carbocycles. The van der Waals surface area contributed by atoms with Gasteiger partial charge in [0.25, 0.3) is 0 Å². The molecule has 0 atom stereocenters. The highest BCUT2D eigenvalue weighted by Gasteiger charge is 2.12. The summed E-state index contributed by atoms with van der Waals surface area (Å²) in [6, 6.07) is 7.19. The zero-order valence-corrected chi connectivity index (χ0v) is 15.2. The summed E-state index contributed by atoms with van der Waals surface area (Å²) in [6.07, 6.45) is 1.65. The standard InChI is InChI=1S/C16H16N4O3S2/c1-9(2)20-8-17-19-16(20)24-7-14(21)18-11-3-4-12-10(5-11)6-13(25-12)15(22)23/h3-6,8-9H,7H2,1-2H3,(H,18,21)(H,22,23). The lowest BCUT2D eigenvalue weighted by Crippen LogP contribution is -2.14. The van der Waals surface area contributed by atoms with Crippen molar-refractivity contribution in [3.05, 3.63) is 35.5 Å². The lowest BCUT2D eigenvalue weighted by molar-refractivity contribution is -0.113. The normalized spacial score (nSPS) is 11.2. The Balaban J connectivity index is 1.65. The van der Waals surface area contributed by atoms with Crippen LogP contribution in [0.25, 0.3) is 10.1 Å². The number of carbonyl (C=O) groups excluding carboxylic acids is 1. The monoisotopic (exact) mass is 376 g/mol. The number of hydrogen-bond acceptors (Lipinski definition) is 6. The second-order valence-electron chi connectivity index (χ2n) is 5.62. The highest BCUT2D eigenvalue weighted by atomic mass is 32.2. The Bertz CT molecular complexity index is 933. The summed E-state index contributed by atoms with van der Waals surface area (Å²) in [5.41, 5.74) is 0.637. The van der Waals surface area contributed by atoms with E-state index in [0.717, 1.165) is 10.1 Å². The maximum absolute atomic E-state index is 12.2. The molecule has 2 N–H and O–H groups in total. The van der Waals surface area contributed by atoms with Gasteiger partial charge in [-0.1, -0.05) is 11.8 Å². The third-order valence-electron chi connectivity index (χ3n) is 3.44. The predicted molar refractivity (Wildman–Crippen MR) is 98.5 cm³/mol. The fourth-order valence-corrected chi connectivity index (χ4v) is 3.97. The number of carboxylic acid groups (broad SMARTS) is 1. The molecule has 0 aliphatic heterocycles. The highest BCUT2D eigenvalue weighted by Crippen LogP contribution is 2.28. The van der Waals surface area contributed by atoms with Gasteiger partial charge in [-0.15, -0.1) is 21.5 Å². The van der Waals surface area contributed by atoms with Crippen LogP contribution < -0.4 is 5.32 Å². The van der Waals surface area contributed by atoms with E-state index in [-0.39, 0.29) is 22.6 Å². The molecule has 7 nitrogen and oxygen atoms in total. The zero-order chi connectivity index (χ0) is 18.0. The van der Waals surface area contributed by atoms with Gasteiger partial charge in [0.05, 0.1) is 5.75 Å². The third kappa shape index (κ3) is 3.99. The molecule has 3 aromatic rings. The minimum absolute atomic E-state index is 0.156. The fourth-order valence-electron chi connectivity index (χ4n) is 2.24. The van der Waals surface area contributed by atoms with Crippen LogP contribution in [0.15, 0.2) is 35.7 Å². The topological polar surface area (TPSA) is 97.1 Å². The van der Waals surface area contributed by atoms with Crippen molar-refractivity contribution in [3.63, 3.8) is 0 Å². The van der Waals surface area contributed by atoms with Crippen LogP contribution in [0.3, 0.4) is 0 Å². The molecular formula is C16H16N4O3S2. The molecule has 1 amide bonds. The molecule has 0 spiro atoms. The van der Waals surface area contributed by atoms with Crippen LogP contribution in [-0.2, 0) is 4.79 Å². The fraction of sp³-hybridized carbons (Fsp3) is 0.250. The first-order valence-electron chi connectivity index (χ1n) is 7.53. The van der Waals surface area contributed by atoms with Crippen LogP contribution in [0.1, 0.15) is 29.6 Å². The van der Waals surface area contributed by atoms with Gasteiger partial charge in [-0.2, -0.15) is 0 Å². The van der Waals surface area contributed by atoms with Gasteiger partial charge in [-0.25, -0.2) is 4.79 Å². The van der Waals surface area contributed by atoms with Crippen LogP contribution in [0, 0.1) is 0 Å². The number of aromatic carboxylic acids is 1. The van der Waals surface area contributed by atoms with Crippen LogP contribution in [0.5, 0.6) is 0 Å². The Labute approximate surface area is 152 Å². The summed E-state index contributed by atoms with van der Waals surface area (Å²) in [4.78, 5) is 23.5. The molecule has 1 aromatic carbocycles. The Hall–Kier alpha value is -2.39. The number of hydrogen-bond donors (Lipinski definition) is 2. The average Bonchev–Trinajstić information content (AvgIpc) is 3.19. The summed E-state index contributed by atoms with van der Waals surface area (Å²) in [7, 11) is 0. The quantitative estimate of drug-likeness (QED) is 0.639. The largest absolute Gasteiger partial charge is 0.477 e. The predicted octanol–water partition coefficient (Wildman–Crippen LogP) is 3.50. The van der Waals surface area contributed by atoms with E-state index in [9.17, 15) is 9.59 Å². The molecule has 3 rings (SSSR count). The maximum Gasteiger partial charge on any atom is 0.345 e. The van der Waals surface area contributed by atoms with Crippen molar-refractivity contribution in [2.75, 3.05) is 11.1 Å². The summed E-state index contributed by atoms with van der Waals surface area (Å²) in [5, 5.41) is 21.3. The third-order valence-corrected chi connectivity index (χ3v) is 5.50. The minimum atomic E-state index is -0.947. The number of carboxylic acids is 1. The first-order valence-corrected chi connectivity index (χ1v) is 9.33. The molecule has 9 heteroatoms. The van der Waals surface area contributed by atoms with Crippen LogP contribution in [0.2, 0.25) is 0 Å². The lowest BCUT2D eigenvalue weighted by atomic mass is 10.2. The van der Waals surface area contributed by atoms with Crippen molar-refractivity contribution in [2.24, 2.45) is 0 Å². The van der Waals surface area contributed by atoms with Crippen molar-refractivity contribution in [3.8, 4) is 0 Å². The van der Waals surface area contributed by atoms with Gasteiger partial charge in [-0.3, -0.25) is 4.79 Å². The summed E-state index contributed by atoms with van der Waals surface area (Å²) in [5.74, 6) is -0.887. The molecular weight excluding hydrogens is 360 g/mol. The Morgan fingerprint density at radius 2 is 2.16 bits per heavy atom. The van der Waals surface area contributed by atoms with E-state index in [1.165, 1.54) is 23.1 Å². The maximum atomic E-state index is 12.2. The van der Waals surface area contributed by atoms with Crippen LogP contribution in [-0.4, -0.2) is 37.5 Å². The number of carbonyl (C=O) groups is 2. The molecule has 0 saturated carbocycles. The number of anilines is 1. The van der Waals surface area contributed by atoms with E-state index in [2.05, 4.69) is 15.5 Å². The van der Waals surface area contributed by atoms with E-state index in [1.807, 2.05) is 24.5 Å². The minimum Gasteiger partial charge on any atom is -0.477 e. The molecule has 0 bridgehead atoms. The van der Waals surface area contributed by atoms with Crippen LogP contribution >= 0.6 is 23.1 Å². The van der Waals surface area contributed by atoms with Gasteiger partial charge in [0, 0.05) is 16.4 Å². The Morgan fingerprint density at radius 1 is 1.36 bits per heavy atom. The highest BCUT2D eigenvalue weighted by molar-refractivity contribution is 7.99. The van der Waals surface area contributed by atoms with Crippen molar-refractivity contribution in [1.82, 2.24) is 14.8 Å². The molecule has 0 unspecified atom stereocenters. The summed E-state index contributed by atoms with van der Waals surface area (Å²) < 4.78 is 2.78. The van der Waals surface area contributed by atoms with Crippen molar-refractivity contribution in [1.29, 1.82) is 0 Å². The van der Waals surface area contributed by atoms with Crippen molar-refractivity contribution in [2.45, 2.75) is 25.0 Å². The summed E-state index contributed by atoms with van der Waals surface area (Å²) >= 11 is 2.53. The van der Waals surface area contributed by atoms with Crippen molar-refractivity contribution < 1.29 is 14.7 Å². The van der Waals surface area contributed by atoms with Gasteiger partial charge in [0.15, 0.2) is 5.16 Å². The first kappa shape index (κ1) is 17.4. The first-order chi connectivity index (χ1) is 11.9. The SMILES string of the molecule is CC(C)n1cnnc1SCC(=O)Nc1ccc2sc(C(=O)O)cc2c1. The van der Waals surface area contributed by atoms with E-state index < -0.39 is 5.97 Å². The summed E-state index contributed by atoms with van der Waals surface area (Å²) in [6.45, 7) is 4.05. The smallest absolute Gasteiger partial charge is 0.345 e.